The summed E-state index contributed by atoms with van der Waals surface area (Å²) in [5.74, 6) is 0.450. The van der Waals surface area contributed by atoms with Crippen molar-refractivity contribution in [1.82, 2.24) is 10.6 Å². The van der Waals surface area contributed by atoms with Gasteiger partial charge in [-0.25, -0.2) is 0 Å². The maximum atomic E-state index is 11.8. The van der Waals surface area contributed by atoms with Gasteiger partial charge in [0, 0.05) is 26.7 Å². The molecule has 2 heterocycles. The molecule has 7 heteroatoms. The molecule has 1 aromatic heterocycles. The lowest BCUT2D eigenvalue weighted by atomic mass is 10.3. The summed E-state index contributed by atoms with van der Waals surface area (Å²) in [4.78, 5) is 14.5. The molecule has 19 heavy (non-hydrogen) atoms. The number of carbonyl (C=O) groups is 1. The number of carbonyl (C=O) groups excluding carboxylic acids is 1. The van der Waals surface area contributed by atoms with Gasteiger partial charge in [-0.1, -0.05) is 0 Å². The summed E-state index contributed by atoms with van der Waals surface area (Å²) < 4.78 is 5.39. The van der Waals surface area contributed by atoms with E-state index in [0.717, 1.165) is 37.6 Å². The average molecular weight is 284 g/mol. The summed E-state index contributed by atoms with van der Waals surface area (Å²) in [7, 11) is 3.19. The molecule has 1 aliphatic rings. The van der Waals surface area contributed by atoms with Crippen LogP contribution in [0.2, 0.25) is 0 Å². The standard InChI is InChI=1S/C12H20N4O2S/c1-14-11(17)10-8(13)9(18-2)12(19-10)16-6-3-4-15-5-7-16/h15H,3-7,13H2,1-2H3,(H,14,17). The molecule has 0 unspecified atom stereocenters. The lowest BCUT2D eigenvalue weighted by molar-refractivity contribution is 0.0967. The molecule has 1 amide bonds. The highest BCUT2D eigenvalue weighted by Crippen LogP contribution is 2.44. The van der Waals surface area contributed by atoms with Gasteiger partial charge in [-0.3, -0.25) is 4.79 Å². The second-order valence-corrected chi connectivity index (χ2v) is 5.35. The molecule has 0 aliphatic carbocycles. The van der Waals surface area contributed by atoms with Crippen LogP contribution in [0, 0.1) is 0 Å². The third-order valence-electron chi connectivity index (χ3n) is 3.15. The van der Waals surface area contributed by atoms with Crippen molar-refractivity contribution in [1.29, 1.82) is 0 Å². The molecule has 0 atom stereocenters. The third-order valence-corrected chi connectivity index (χ3v) is 4.39. The van der Waals surface area contributed by atoms with Crippen molar-refractivity contribution in [3.8, 4) is 5.75 Å². The van der Waals surface area contributed by atoms with E-state index >= 15 is 0 Å². The first-order valence-corrected chi connectivity index (χ1v) is 7.14. The molecule has 2 rings (SSSR count). The fraction of sp³-hybridized carbons (Fsp3) is 0.583. The van der Waals surface area contributed by atoms with E-state index in [1.165, 1.54) is 11.3 Å². The van der Waals surface area contributed by atoms with Crippen molar-refractivity contribution in [2.24, 2.45) is 0 Å². The number of hydrogen-bond donors (Lipinski definition) is 3. The topological polar surface area (TPSA) is 79.6 Å². The first kappa shape index (κ1) is 14.0. The number of thiophene rings is 1. The number of methoxy groups -OCH3 is 1. The highest BCUT2D eigenvalue weighted by Gasteiger charge is 2.25. The van der Waals surface area contributed by atoms with E-state index in [0.29, 0.717) is 16.3 Å². The first-order valence-electron chi connectivity index (χ1n) is 6.33. The minimum absolute atomic E-state index is 0.167. The van der Waals surface area contributed by atoms with Crippen LogP contribution in [0.4, 0.5) is 10.7 Å². The molecule has 1 fully saturated rings. The number of rotatable bonds is 3. The molecule has 6 nitrogen and oxygen atoms in total. The molecule has 0 bridgehead atoms. The number of ether oxygens (including phenoxy) is 1. The van der Waals surface area contributed by atoms with Crippen LogP contribution < -0.4 is 26.0 Å². The quantitative estimate of drug-likeness (QED) is 0.753. The molecule has 1 aromatic rings. The fourth-order valence-electron chi connectivity index (χ4n) is 2.15. The van der Waals surface area contributed by atoms with E-state index in [1.54, 1.807) is 14.2 Å². The van der Waals surface area contributed by atoms with E-state index in [9.17, 15) is 4.79 Å². The largest absolute Gasteiger partial charge is 0.492 e. The zero-order chi connectivity index (χ0) is 13.8. The molecule has 1 saturated heterocycles. The summed E-state index contributed by atoms with van der Waals surface area (Å²) in [6.07, 6.45) is 1.07. The summed E-state index contributed by atoms with van der Waals surface area (Å²) >= 11 is 1.40. The summed E-state index contributed by atoms with van der Waals surface area (Å²) in [6, 6.07) is 0. The van der Waals surface area contributed by atoms with Crippen molar-refractivity contribution in [2.75, 3.05) is 51.0 Å². The van der Waals surface area contributed by atoms with Gasteiger partial charge in [0.05, 0.1) is 7.11 Å². The zero-order valence-corrected chi connectivity index (χ0v) is 12.1. The lowest BCUT2D eigenvalue weighted by Gasteiger charge is -2.21. The van der Waals surface area contributed by atoms with Gasteiger partial charge in [-0.2, -0.15) is 0 Å². The van der Waals surface area contributed by atoms with Gasteiger partial charge >= 0.3 is 0 Å². The lowest BCUT2D eigenvalue weighted by Crippen LogP contribution is -2.27. The minimum Gasteiger partial charge on any atom is -0.492 e. The van der Waals surface area contributed by atoms with Crippen LogP contribution in [-0.2, 0) is 0 Å². The Labute approximate surface area is 116 Å². The van der Waals surface area contributed by atoms with Crippen LogP contribution in [0.1, 0.15) is 16.1 Å². The van der Waals surface area contributed by atoms with Crippen molar-refractivity contribution < 1.29 is 9.53 Å². The van der Waals surface area contributed by atoms with Crippen LogP contribution in [0.25, 0.3) is 0 Å². The molecule has 0 radical (unpaired) electrons. The summed E-state index contributed by atoms with van der Waals surface area (Å²) in [6.45, 7) is 3.78. The Bertz CT molecular complexity index is 453. The number of amides is 1. The molecule has 4 N–H and O–H groups in total. The highest BCUT2D eigenvalue weighted by molar-refractivity contribution is 7.19. The van der Waals surface area contributed by atoms with E-state index in [1.807, 2.05) is 0 Å². The van der Waals surface area contributed by atoms with E-state index in [4.69, 9.17) is 10.5 Å². The van der Waals surface area contributed by atoms with Crippen molar-refractivity contribution in [3.05, 3.63) is 4.88 Å². The molecular formula is C12H20N4O2S. The molecule has 0 aromatic carbocycles. The van der Waals surface area contributed by atoms with Gasteiger partial charge in [-0.15, -0.1) is 11.3 Å². The monoisotopic (exact) mass is 284 g/mol. The Morgan fingerprint density at radius 1 is 1.47 bits per heavy atom. The normalized spacial score (nSPS) is 16.0. The number of nitrogen functional groups attached to an aromatic ring is 1. The van der Waals surface area contributed by atoms with Crippen molar-refractivity contribution in [3.63, 3.8) is 0 Å². The van der Waals surface area contributed by atoms with Crippen LogP contribution >= 0.6 is 11.3 Å². The smallest absolute Gasteiger partial charge is 0.263 e. The summed E-state index contributed by atoms with van der Waals surface area (Å²) in [5.41, 5.74) is 6.45. The maximum Gasteiger partial charge on any atom is 0.263 e. The highest BCUT2D eigenvalue weighted by atomic mass is 32.1. The van der Waals surface area contributed by atoms with Gasteiger partial charge in [0.1, 0.15) is 15.6 Å². The Hall–Kier alpha value is -1.47. The van der Waals surface area contributed by atoms with E-state index in [2.05, 4.69) is 15.5 Å². The predicted octanol–water partition coefficient (Wildman–Crippen LogP) is 0.498. The maximum absolute atomic E-state index is 11.8. The predicted molar refractivity (Wildman–Crippen MR) is 78.4 cm³/mol. The summed E-state index contributed by atoms with van der Waals surface area (Å²) in [5, 5.41) is 6.91. The Balaban J connectivity index is 2.35. The number of nitrogens with zero attached hydrogens (tertiary/aromatic N) is 1. The van der Waals surface area contributed by atoms with Crippen LogP contribution in [-0.4, -0.2) is 46.2 Å². The second-order valence-electron chi connectivity index (χ2n) is 4.35. The van der Waals surface area contributed by atoms with Crippen LogP contribution in [0.5, 0.6) is 5.75 Å². The number of hydrogen-bond acceptors (Lipinski definition) is 6. The second kappa shape index (κ2) is 6.12. The molecule has 0 spiro atoms. The SMILES string of the molecule is CNC(=O)c1sc(N2CCCNCC2)c(OC)c1N. The Morgan fingerprint density at radius 2 is 2.26 bits per heavy atom. The van der Waals surface area contributed by atoms with Crippen molar-refractivity contribution >= 4 is 27.9 Å². The van der Waals surface area contributed by atoms with Crippen LogP contribution in [0.3, 0.4) is 0 Å². The van der Waals surface area contributed by atoms with Gasteiger partial charge in [0.25, 0.3) is 5.91 Å². The average Bonchev–Trinajstić information content (AvgIpc) is 2.61. The fourth-order valence-corrected chi connectivity index (χ4v) is 3.34. The number of nitrogens with one attached hydrogen (secondary N) is 2. The van der Waals surface area contributed by atoms with E-state index in [-0.39, 0.29) is 5.91 Å². The van der Waals surface area contributed by atoms with Crippen molar-refractivity contribution in [2.45, 2.75) is 6.42 Å². The Morgan fingerprint density at radius 3 is 2.95 bits per heavy atom. The Kier molecular flexibility index (Phi) is 4.49. The zero-order valence-electron chi connectivity index (χ0n) is 11.3. The number of anilines is 2. The van der Waals surface area contributed by atoms with E-state index < -0.39 is 0 Å². The van der Waals surface area contributed by atoms with Gasteiger partial charge in [0.2, 0.25) is 0 Å². The molecular weight excluding hydrogens is 264 g/mol. The van der Waals surface area contributed by atoms with Gasteiger partial charge in [0.15, 0.2) is 5.75 Å². The molecule has 1 aliphatic heterocycles. The molecule has 0 saturated carbocycles. The van der Waals surface area contributed by atoms with Gasteiger partial charge in [-0.05, 0) is 13.0 Å². The number of nitrogens with two attached hydrogens (primary N) is 1. The molecule has 106 valence electrons. The minimum atomic E-state index is -0.167. The third kappa shape index (κ3) is 2.76. The van der Waals surface area contributed by atoms with Gasteiger partial charge < -0.3 is 26.0 Å². The van der Waals surface area contributed by atoms with Crippen LogP contribution in [0.15, 0.2) is 0 Å². The first-order chi connectivity index (χ1) is 9.19.